The number of carbonyl (C=O) groups is 1. The SMILES string of the molecule is COc1ccc(Cl)c2sc(N(CCCN(C)C)C(=O)c3ccc(F)c(F)c3)nc12. The molecule has 0 bridgehead atoms. The van der Waals surface area contributed by atoms with E-state index >= 15 is 0 Å². The van der Waals surface area contributed by atoms with E-state index in [4.69, 9.17) is 16.3 Å². The van der Waals surface area contributed by atoms with Crippen LogP contribution in [-0.2, 0) is 0 Å². The molecule has 0 aliphatic carbocycles. The second kappa shape index (κ2) is 9.02. The van der Waals surface area contributed by atoms with E-state index in [2.05, 4.69) is 4.98 Å². The molecular weight excluding hydrogens is 420 g/mol. The van der Waals surface area contributed by atoms with E-state index < -0.39 is 17.5 Å². The highest BCUT2D eigenvalue weighted by Crippen LogP contribution is 2.39. The van der Waals surface area contributed by atoms with Crippen molar-refractivity contribution in [3.63, 3.8) is 0 Å². The molecule has 29 heavy (non-hydrogen) atoms. The molecule has 1 aromatic heterocycles. The summed E-state index contributed by atoms with van der Waals surface area (Å²) in [5.74, 6) is -1.99. The fraction of sp³-hybridized carbons (Fsp3) is 0.300. The summed E-state index contributed by atoms with van der Waals surface area (Å²) >= 11 is 7.55. The van der Waals surface area contributed by atoms with Crippen LogP contribution in [0, 0.1) is 11.6 Å². The first-order valence-electron chi connectivity index (χ1n) is 8.86. The summed E-state index contributed by atoms with van der Waals surface area (Å²) in [5.41, 5.74) is 0.599. The molecule has 0 saturated heterocycles. The van der Waals surface area contributed by atoms with Gasteiger partial charge in [0.05, 0.1) is 16.8 Å². The Kier molecular flexibility index (Phi) is 6.66. The molecule has 0 aliphatic rings. The number of fused-ring (bicyclic) bond motifs is 1. The normalized spacial score (nSPS) is 11.3. The molecule has 0 saturated carbocycles. The van der Waals surface area contributed by atoms with Crippen LogP contribution in [0.1, 0.15) is 16.8 Å². The van der Waals surface area contributed by atoms with Crippen LogP contribution in [0.3, 0.4) is 0 Å². The van der Waals surface area contributed by atoms with Gasteiger partial charge in [0.2, 0.25) is 0 Å². The lowest BCUT2D eigenvalue weighted by Crippen LogP contribution is -2.33. The Balaban J connectivity index is 2.03. The van der Waals surface area contributed by atoms with Crippen LogP contribution in [0.25, 0.3) is 10.2 Å². The molecule has 1 amide bonds. The first-order chi connectivity index (χ1) is 13.8. The summed E-state index contributed by atoms with van der Waals surface area (Å²) in [5, 5.41) is 0.915. The van der Waals surface area contributed by atoms with Gasteiger partial charge in [-0.3, -0.25) is 9.69 Å². The molecule has 0 fully saturated rings. The Labute approximate surface area is 176 Å². The van der Waals surface area contributed by atoms with E-state index in [1.165, 1.54) is 29.4 Å². The zero-order chi connectivity index (χ0) is 21.1. The summed E-state index contributed by atoms with van der Waals surface area (Å²) in [7, 11) is 5.40. The molecule has 0 unspecified atom stereocenters. The highest BCUT2D eigenvalue weighted by atomic mass is 35.5. The van der Waals surface area contributed by atoms with Crippen LogP contribution in [-0.4, -0.2) is 50.1 Å². The number of amides is 1. The van der Waals surface area contributed by atoms with Gasteiger partial charge in [-0.05, 0) is 57.4 Å². The summed E-state index contributed by atoms with van der Waals surface area (Å²) in [6.45, 7) is 1.10. The van der Waals surface area contributed by atoms with Crippen LogP contribution in [0.4, 0.5) is 13.9 Å². The Morgan fingerprint density at radius 1 is 1.17 bits per heavy atom. The van der Waals surface area contributed by atoms with E-state index in [0.29, 0.717) is 39.1 Å². The molecule has 2 aromatic carbocycles. The van der Waals surface area contributed by atoms with Crippen LogP contribution >= 0.6 is 22.9 Å². The smallest absolute Gasteiger partial charge is 0.260 e. The number of carbonyl (C=O) groups excluding carboxylic acids is 1. The molecule has 3 aromatic rings. The number of thiazole rings is 1. The summed E-state index contributed by atoms with van der Waals surface area (Å²) < 4.78 is 33.0. The minimum atomic E-state index is -1.07. The lowest BCUT2D eigenvalue weighted by atomic mass is 10.2. The van der Waals surface area contributed by atoms with Crippen molar-refractivity contribution < 1.29 is 18.3 Å². The van der Waals surface area contributed by atoms with Crippen molar-refractivity contribution in [3.05, 3.63) is 52.6 Å². The summed E-state index contributed by atoms with van der Waals surface area (Å²) in [6.07, 6.45) is 0.670. The van der Waals surface area contributed by atoms with E-state index in [0.717, 1.165) is 18.7 Å². The van der Waals surface area contributed by atoms with Crippen molar-refractivity contribution in [1.29, 1.82) is 0 Å². The largest absolute Gasteiger partial charge is 0.494 e. The third-order valence-electron chi connectivity index (χ3n) is 4.30. The highest BCUT2D eigenvalue weighted by Gasteiger charge is 2.24. The number of hydrogen-bond donors (Lipinski definition) is 0. The molecule has 154 valence electrons. The van der Waals surface area contributed by atoms with E-state index in [1.807, 2.05) is 19.0 Å². The fourth-order valence-electron chi connectivity index (χ4n) is 2.84. The number of nitrogens with zero attached hydrogens (tertiary/aromatic N) is 3. The van der Waals surface area contributed by atoms with Gasteiger partial charge in [-0.25, -0.2) is 13.8 Å². The van der Waals surface area contributed by atoms with Crippen LogP contribution < -0.4 is 9.64 Å². The van der Waals surface area contributed by atoms with Gasteiger partial charge in [0, 0.05) is 12.1 Å². The van der Waals surface area contributed by atoms with Crippen LogP contribution in [0.2, 0.25) is 5.02 Å². The first kappa shape index (κ1) is 21.4. The maximum atomic E-state index is 13.7. The molecule has 0 aliphatic heterocycles. The van der Waals surface area contributed by atoms with E-state index in [9.17, 15) is 13.6 Å². The van der Waals surface area contributed by atoms with Gasteiger partial charge < -0.3 is 9.64 Å². The number of methoxy groups -OCH3 is 1. The number of hydrogen-bond acceptors (Lipinski definition) is 5. The third kappa shape index (κ3) is 4.66. The van der Waals surface area contributed by atoms with E-state index in [1.54, 1.807) is 12.1 Å². The van der Waals surface area contributed by atoms with Gasteiger partial charge in [-0.2, -0.15) is 0 Å². The quantitative estimate of drug-likeness (QED) is 0.528. The second-order valence-corrected chi connectivity index (χ2v) is 8.05. The van der Waals surface area contributed by atoms with Crippen molar-refractivity contribution in [1.82, 2.24) is 9.88 Å². The first-order valence-corrected chi connectivity index (χ1v) is 10.1. The number of aromatic nitrogens is 1. The third-order valence-corrected chi connectivity index (χ3v) is 5.84. The number of ether oxygens (including phenoxy) is 1. The van der Waals surface area contributed by atoms with Crippen molar-refractivity contribution in [2.24, 2.45) is 0 Å². The number of anilines is 1. The lowest BCUT2D eigenvalue weighted by molar-refractivity contribution is 0.0985. The predicted octanol–water partition coefficient (Wildman–Crippen LogP) is 4.84. The fourth-order valence-corrected chi connectivity index (χ4v) is 4.12. The molecule has 0 spiro atoms. The Morgan fingerprint density at radius 3 is 2.59 bits per heavy atom. The van der Waals surface area contributed by atoms with Crippen molar-refractivity contribution in [2.75, 3.05) is 39.2 Å². The molecule has 0 atom stereocenters. The topological polar surface area (TPSA) is 45.7 Å². The number of halogens is 3. The van der Waals surface area contributed by atoms with Crippen LogP contribution in [0.5, 0.6) is 5.75 Å². The minimum absolute atomic E-state index is 0.0473. The maximum Gasteiger partial charge on any atom is 0.260 e. The average molecular weight is 440 g/mol. The standard InChI is InChI=1S/C20H20ClF2N3O2S/c1-25(2)9-4-10-26(19(27)12-5-7-14(22)15(23)11-12)20-24-17-16(28-3)8-6-13(21)18(17)29-20/h5-8,11H,4,9-10H2,1-3H3. The van der Waals surface area contributed by atoms with Gasteiger partial charge in [0.25, 0.3) is 5.91 Å². The zero-order valence-electron chi connectivity index (χ0n) is 16.2. The van der Waals surface area contributed by atoms with Crippen molar-refractivity contribution >= 4 is 44.2 Å². The van der Waals surface area contributed by atoms with E-state index in [-0.39, 0.29) is 5.56 Å². The van der Waals surface area contributed by atoms with Gasteiger partial charge in [0.1, 0.15) is 11.3 Å². The Hall–Kier alpha value is -2.29. The van der Waals surface area contributed by atoms with Crippen molar-refractivity contribution in [2.45, 2.75) is 6.42 Å². The lowest BCUT2D eigenvalue weighted by Gasteiger charge is -2.21. The Morgan fingerprint density at radius 2 is 1.93 bits per heavy atom. The number of rotatable bonds is 7. The van der Waals surface area contributed by atoms with Crippen LogP contribution in [0.15, 0.2) is 30.3 Å². The average Bonchev–Trinajstić information content (AvgIpc) is 3.13. The number of benzene rings is 2. The molecule has 0 radical (unpaired) electrons. The Bertz CT molecular complexity index is 1040. The van der Waals surface area contributed by atoms with Gasteiger partial charge in [-0.15, -0.1) is 0 Å². The van der Waals surface area contributed by atoms with Gasteiger partial charge in [0.15, 0.2) is 16.8 Å². The van der Waals surface area contributed by atoms with Crippen molar-refractivity contribution in [3.8, 4) is 5.75 Å². The molecule has 3 rings (SSSR count). The minimum Gasteiger partial charge on any atom is -0.494 e. The van der Waals surface area contributed by atoms with Gasteiger partial charge in [-0.1, -0.05) is 22.9 Å². The summed E-state index contributed by atoms with van der Waals surface area (Å²) in [6, 6.07) is 6.52. The zero-order valence-corrected chi connectivity index (χ0v) is 17.8. The molecular formula is C20H20ClF2N3O2S. The molecule has 0 N–H and O–H groups in total. The predicted molar refractivity (Wildman–Crippen MR) is 112 cm³/mol. The monoisotopic (exact) mass is 439 g/mol. The maximum absolute atomic E-state index is 13.7. The second-order valence-electron chi connectivity index (χ2n) is 6.67. The molecule has 9 heteroatoms. The molecule has 5 nitrogen and oxygen atoms in total. The van der Waals surface area contributed by atoms with Gasteiger partial charge >= 0.3 is 0 Å². The summed E-state index contributed by atoms with van der Waals surface area (Å²) in [4.78, 5) is 21.2. The highest BCUT2D eigenvalue weighted by molar-refractivity contribution is 7.23. The molecule has 1 heterocycles.